The van der Waals surface area contributed by atoms with Crippen LogP contribution in [0, 0.1) is 12.7 Å². The van der Waals surface area contributed by atoms with Crippen molar-refractivity contribution in [3.8, 4) is 0 Å². The fourth-order valence-electron chi connectivity index (χ4n) is 1.89. The van der Waals surface area contributed by atoms with Crippen molar-refractivity contribution in [2.24, 2.45) is 0 Å². The summed E-state index contributed by atoms with van der Waals surface area (Å²) in [4.78, 5) is 25.3. The first-order valence-electron chi connectivity index (χ1n) is 6.91. The molecule has 0 atom stereocenters. The highest BCUT2D eigenvalue weighted by molar-refractivity contribution is 5.97. The quantitative estimate of drug-likeness (QED) is 0.645. The maximum atomic E-state index is 13.7. The molecule has 1 rings (SSSR count). The molecule has 0 aliphatic carbocycles. The number of esters is 1. The highest BCUT2D eigenvalue weighted by atomic mass is 19.1. The topological polar surface area (TPSA) is 72.6 Å². The molecule has 1 aromatic carbocycles. The summed E-state index contributed by atoms with van der Waals surface area (Å²) < 4.78 is 18.5. The van der Waals surface area contributed by atoms with E-state index in [2.05, 4.69) is 0 Å². The van der Waals surface area contributed by atoms with Crippen LogP contribution in [0.1, 0.15) is 36.2 Å². The lowest BCUT2D eigenvalue weighted by molar-refractivity contribution is -0.143. The zero-order valence-corrected chi connectivity index (χ0v) is 12.6. The Hall–Kier alpha value is -2.11. The number of carbonyl (C=O) groups is 2. The summed E-state index contributed by atoms with van der Waals surface area (Å²) in [6.07, 6.45) is 0.676. The van der Waals surface area contributed by atoms with Crippen LogP contribution >= 0.6 is 0 Å². The van der Waals surface area contributed by atoms with E-state index < -0.39 is 17.7 Å². The molecule has 5 nitrogen and oxygen atoms in total. The van der Waals surface area contributed by atoms with E-state index >= 15 is 0 Å². The molecular weight excluding hydrogens is 275 g/mol. The predicted molar refractivity (Wildman–Crippen MR) is 78.4 cm³/mol. The SMILES string of the molecule is CCCN(CC(=O)OCC)C(=O)c1cc(N)c(C)c(F)c1. The van der Waals surface area contributed by atoms with Crippen molar-refractivity contribution in [3.63, 3.8) is 0 Å². The van der Waals surface area contributed by atoms with E-state index in [1.165, 1.54) is 11.0 Å². The normalized spacial score (nSPS) is 10.3. The van der Waals surface area contributed by atoms with E-state index in [9.17, 15) is 14.0 Å². The molecule has 0 bridgehead atoms. The summed E-state index contributed by atoms with van der Waals surface area (Å²) in [5.74, 6) is -1.46. The number of halogens is 1. The maximum Gasteiger partial charge on any atom is 0.325 e. The molecule has 2 N–H and O–H groups in total. The lowest BCUT2D eigenvalue weighted by Gasteiger charge is -2.21. The summed E-state index contributed by atoms with van der Waals surface area (Å²) in [5.41, 5.74) is 6.33. The van der Waals surface area contributed by atoms with Crippen molar-refractivity contribution in [2.45, 2.75) is 27.2 Å². The number of nitrogen functional groups attached to an aromatic ring is 1. The van der Waals surface area contributed by atoms with Gasteiger partial charge in [-0.15, -0.1) is 0 Å². The molecule has 0 spiro atoms. The van der Waals surface area contributed by atoms with Crippen LogP contribution in [0.3, 0.4) is 0 Å². The van der Waals surface area contributed by atoms with Crippen LogP contribution < -0.4 is 5.73 Å². The molecule has 1 amide bonds. The van der Waals surface area contributed by atoms with Gasteiger partial charge >= 0.3 is 5.97 Å². The number of amides is 1. The number of rotatable bonds is 6. The second kappa shape index (κ2) is 7.61. The number of anilines is 1. The van der Waals surface area contributed by atoms with Gasteiger partial charge in [-0.3, -0.25) is 9.59 Å². The highest BCUT2D eigenvalue weighted by Crippen LogP contribution is 2.19. The van der Waals surface area contributed by atoms with E-state index in [0.29, 0.717) is 18.5 Å². The number of nitrogens with two attached hydrogens (primary N) is 1. The number of carbonyl (C=O) groups excluding carboxylic acids is 2. The number of hydrogen-bond donors (Lipinski definition) is 1. The Morgan fingerprint density at radius 1 is 1.33 bits per heavy atom. The molecular formula is C15H21FN2O3. The van der Waals surface area contributed by atoms with Crippen molar-refractivity contribution >= 4 is 17.6 Å². The Labute approximate surface area is 123 Å². The minimum Gasteiger partial charge on any atom is -0.465 e. The molecule has 0 heterocycles. The molecule has 6 heteroatoms. The lowest BCUT2D eigenvalue weighted by Crippen LogP contribution is -2.37. The summed E-state index contributed by atoms with van der Waals surface area (Å²) in [5, 5.41) is 0. The fraction of sp³-hybridized carbons (Fsp3) is 0.467. The molecule has 0 fully saturated rings. The van der Waals surface area contributed by atoms with Crippen LogP contribution in [0.15, 0.2) is 12.1 Å². The van der Waals surface area contributed by atoms with E-state index in [0.717, 1.165) is 6.07 Å². The van der Waals surface area contributed by atoms with Gasteiger partial charge in [0.05, 0.1) is 6.61 Å². The van der Waals surface area contributed by atoms with Gasteiger partial charge in [-0.1, -0.05) is 6.92 Å². The number of nitrogens with zero attached hydrogens (tertiary/aromatic N) is 1. The minimum absolute atomic E-state index is 0.133. The zero-order chi connectivity index (χ0) is 16.0. The van der Waals surface area contributed by atoms with Crippen molar-refractivity contribution in [3.05, 3.63) is 29.1 Å². The Balaban J connectivity index is 2.97. The van der Waals surface area contributed by atoms with Crippen LogP contribution in [0.5, 0.6) is 0 Å². The van der Waals surface area contributed by atoms with Gasteiger partial charge in [-0.05, 0) is 32.4 Å². The number of hydrogen-bond acceptors (Lipinski definition) is 4. The smallest absolute Gasteiger partial charge is 0.325 e. The van der Waals surface area contributed by atoms with Gasteiger partial charge in [0.25, 0.3) is 5.91 Å². The summed E-state index contributed by atoms with van der Waals surface area (Å²) in [6, 6.07) is 2.57. The third kappa shape index (κ3) is 4.44. The molecule has 21 heavy (non-hydrogen) atoms. The Morgan fingerprint density at radius 3 is 2.52 bits per heavy atom. The third-order valence-electron chi connectivity index (χ3n) is 3.04. The number of ether oxygens (including phenoxy) is 1. The van der Waals surface area contributed by atoms with Gasteiger partial charge in [-0.2, -0.15) is 0 Å². The highest BCUT2D eigenvalue weighted by Gasteiger charge is 2.20. The number of benzene rings is 1. The summed E-state index contributed by atoms with van der Waals surface area (Å²) >= 11 is 0. The Bertz CT molecular complexity index is 509. The molecule has 0 aromatic heterocycles. The van der Waals surface area contributed by atoms with Crippen LogP contribution in [0.25, 0.3) is 0 Å². The van der Waals surface area contributed by atoms with E-state index in [1.807, 2.05) is 6.92 Å². The predicted octanol–water partition coefficient (Wildman–Crippen LogP) is 2.13. The van der Waals surface area contributed by atoms with Crippen LogP contribution in [-0.4, -0.2) is 36.5 Å². The Morgan fingerprint density at radius 2 is 2.00 bits per heavy atom. The van der Waals surface area contributed by atoms with Gasteiger partial charge < -0.3 is 15.4 Å². The van der Waals surface area contributed by atoms with Gasteiger partial charge in [0, 0.05) is 23.4 Å². The van der Waals surface area contributed by atoms with Crippen molar-refractivity contribution in [1.29, 1.82) is 0 Å². The average Bonchev–Trinajstić information content (AvgIpc) is 2.43. The minimum atomic E-state index is -0.536. The fourth-order valence-corrected chi connectivity index (χ4v) is 1.89. The monoisotopic (exact) mass is 296 g/mol. The zero-order valence-electron chi connectivity index (χ0n) is 12.6. The van der Waals surface area contributed by atoms with Gasteiger partial charge in [0.2, 0.25) is 0 Å². The van der Waals surface area contributed by atoms with Crippen molar-refractivity contribution < 1.29 is 18.7 Å². The van der Waals surface area contributed by atoms with E-state index in [-0.39, 0.29) is 24.4 Å². The first-order chi connectivity index (χ1) is 9.90. The second-order valence-corrected chi connectivity index (χ2v) is 4.70. The third-order valence-corrected chi connectivity index (χ3v) is 3.04. The standard InChI is InChI=1S/C15H21FN2O3/c1-4-6-18(9-14(19)21-5-2)15(20)11-7-12(16)10(3)13(17)8-11/h7-8H,4-6,9,17H2,1-3H3. The summed E-state index contributed by atoms with van der Waals surface area (Å²) in [7, 11) is 0. The van der Waals surface area contributed by atoms with Crippen molar-refractivity contribution in [1.82, 2.24) is 4.90 Å². The molecule has 0 saturated heterocycles. The molecule has 1 aromatic rings. The van der Waals surface area contributed by atoms with Crippen molar-refractivity contribution in [2.75, 3.05) is 25.4 Å². The molecule has 0 radical (unpaired) electrons. The van der Waals surface area contributed by atoms with Gasteiger partial charge in [0.15, 0.2) is 0 Å². The molecule has 0 unspecified atom stereocenters. The van der Waals surface area contributed by atoms with Gasteiger partial charge in [-0.25, -0.2) is 4.39 Å². The maximum absolute atomic E-state index is 13.7. The molecule has 0 aliphatic rings. The van der Waals surface area contributed by atoms with Gasteiger partial charge in [0.1, 0.15) is 12.4 Å². The van der Waals surface area contributed by atoms with E-state index in [1.54, 1.807) is 13.8 Å². The van der Waals surface area contributed by atoms with Crippen LogP contribution in [0.2, 0.25) is 0 Å². The average molecular weight is 296 g/mol. The summed E-state index contributed by atoms with van der Waals surface area (Å²) in [6.45, 7) is 5.60. The molecule has 0 saturated carbocycles. The van der Waals surface area contributed by atoms with E-state index in [4.69, 9.17) is 10.5 Å². The van der Waals surface area contributed by atoms with Crippen LogP contribution in [0.4, 0.5) is 10.1 Å². The largest absolute Gasteiger partial charge is 0.465 e. The first-order valence-corrected chi connectivity index (χ1v) is 6.91. The molecule has 0 aliphatic heterocycles. The first kappa shape index (κ1) is 16.9. The molecule has 116 valence electrons. The van der Waals surface area contributed by atoms with Crippen LogP contribution in [-0.2, 0) is 9.53 Å². The Kier molecular flexibility index (Phi) is 6.14. The lowest BCUT2D eigenvalue weighted by atomic mass is 10.1. The second-order valence-electron chi connectivity index (χ2n) is 4.70.